The fourth-order valence-electron chi connectivity index (χ4n) is 3.03. The summed E-state index contributed by atoms with van der Waals surface area (Å²) in [6.07, 6.45) is 5.77. The van der Waals surface area contributed by atoms with E-state index in [1.54, 1.807) is 45.0 Å². The third-order valence-corrected chi connectivity index (χ3v) is 4.60. The van der Waals surface area contributed by atoms with Gasteiger partial charge in [-0.05, 0) is 51.3 Å². The van der Waals surface area contributed by atoms with Crippen molar-refractivity contribution in [3.63, 3.8) is 0 Å². The van der Waals surface area contributed by atoms with Crippen LogP contribution in [0.3, 0.4) is 0 Å². The summed E-state index contributed by atoms with van der Waals surface area (Å²) in [5, 5.41) is 14.8. The average Bonchev–Trinajstić information content (AvgIpc) is 2.67. The first kappa shape index (κ1) is 26.5. The van der Waals surface area contributed by atoms with E-state index in [0.717, 1.165) is 37.7 Å². The minimum Gasteiger partial charge on any atom is -0.508 e. The molecule has 0 saturated heterocycles. The van der Waals surface area contributed by atoms with Crippen LogP contribution in [0.25, 0.3) is 0 Å². The summed E-state index contributed by atoms with van der Waals surface area (Å²) in [6, 6.07) is 5.75. The molecule has 174 valence electrons. The summed E-state index contributed by atoms with van der Waals surface area (Å²) in [5.74, 6) is -1.00. The molecule has 0 saturated carbocycles. The number of benzene rings is 1. The van der Waals surface area contributed by atoms with Gasteiger partial charge in [0.05, 0.1) is 6.42 Å². The van der Waals surface area contributed by atoms with Crippen molar-refractivity contribution in [2.45, 2.75) is 90.7 Å². The average molecular weight is 435 g/mol. The Balaban J connectivity index is 2.60. The lowest BCUT2D eigenvalue weighted by Crippen LogP contribution is -2.48. The van der Waals surface area contributed by atoms with E-state index in [2.05, 4.69) is 17.6 Å². The predicted octanol–water partition coefficient (Wildman–Crippen LogP) is 3.63. The third-order valence-electron chi connectivity index (χ3n) is 4.60. The van der Waals surface area contributed by atoms with Gasteiger partial charge in [0.25, 0.3) is 0 Å². The maximum absolute atomic E-state index is 12.7. The normalized spacial score (nSPS) is 12.1. The molecule has 0 aliphatic carbocycles. The first-order valence-electron chi connectivity index (χ1n) is 11.2. The van der Waals surface area contributed by atoms with Crippen LogP contribution >= 0.6 is 0 Å². The van der Waals surface area contributed by atoms with Gasteiger partial charge >= 0.3 is 5.97 Å². The Bertz CT molecular complexity index is 695. The number of nitrogens with one attached hydrogen (secondary N) is 2. The number of aromatic hydroxyl groups is 1. The highest BCUT2D eigenvalue weighted by molar-refractivity contribution is 5.91. The lowest BCUT2D eigenvalue weighted by Gasteiger charge is -2.22. The Hall–Kier alpha value is -2.57. The van der Waals surface area contributed by atoms with Crippen LogP contribution in [0.15, 0.2) is 24.3 Å². The van der Waals surface area contributed by atoms with Gasteiger partial charge in [0.1, 0.15) is 17.4 Å². The fourth-order valence-corrected chi connectivity index (χ4v) is 3.03. The van der Waals surface area contributed by atoms with E-state index in [4.69, 9.17) is 4.74 Å². The minimum absolute atomic E-state index is 0.183. The maximum atomic E-state index is 12.7. The van der Waals surface area contributed by atoms with Crippen LogP contribution in [0.4, 0.5) is 0 Å². The summed E-state index contributed by atoms with van der Waals surface area (Å²) >= 11 is 0. The Morgan fingerprint density at radius 1 is 1.03 bits per heavy atom. The van der Waals surface area contributed by atoms with Crippen molar-refractivity contribution in [1.82, 2.24) is 10.6 Å². The molecule has 1 aromatic rings. The highest BCUT2D eigenvalue weighted by Gasteiger charge is 2.26. The first-order chi connectivity index (χ1) is 14.6. The lowest BCUT2D eigenvalue weighted by atomic mass is 10.1. The first-order valence-corrected chi connectivity index (χ1v) is 11.2. The highest BCUT2D eigenvalue weighted by Crippen LogP contribution is 2.11. The topological polar surface area (TPSA) is 105 Å². The smallest absolute Gasteiger partial charge is 0.308 e. The van der Waals surface area contributed by atoms with Crippen LogP contribution in [-0.2, 0) is 25.5 Å². The van der Waals surface area contributed by atoms with Gasteiger partial charge in [-0.25, -0.2) is 0 Å². The van der Waals surface area contributed by atoms with E-state index in [9.17, 15) is 19.5 Å². The summed E-state index contributed by atoms with van der Waals surface area (Å²) in [5.41, 5.74) is 0.290. The molecule has 0 aliphatic heterocycles. The number of esters is 1. The number of unbranched alkanes of at least 4 members (excludes halogenated alkanes) is 4. The molecule has 31 heavy (non-hydrogen) atoms. The zero-order valence-corrected chi connectivity index (χ0v) is 19.3. The molecule has 7 nitrogen and oxygen atoms in total. The molecule has 3 N–H and O–H groups in total. The van der Waals surface area contributed by atoms with Crippen LogP contribution in [0.1, 0.15) is 78.2 Å². The Morgan fingerprint density at radius 2 is 1.68 bits per heavy atom. The van der Waals surface area contributed by atoms with Crippen LogP contribution in [0.2, 0.25) is 0 Å². The number of phenolic OH excluding ortho intramolecular Hbond substituents is 1. The van der Waals surface area contributed by atoms with Crippen molar-refractivity contribution < 1.29 is 24.2 Å². The van der Waals surface area contributed by atoms with Crippen LogP contribution in [0.5, 0.6) is 5.75 Å². The van der Waals surface area contributed by atoms with Crippen molar-refractivity contribution in [2.24, 2.45) is 0 Å². The Kier molecular flexibility index (Phi) is 11.7. The van der Waals surface area contributed by atoms with Crippen molar-refractivity contribution in [3.8, 4) is 5.75 Å². The Labute approximate surface area is 185 Å². The van der Waals surface area contributed by atoms with E-state index in [0.29, 0.717) is 19.4 Å². The third kappa shape index (κ3) is 12.7. The summed E-state index contributed by atoms with van der Waals surface area (Å²) in [6.45, 7) is 7.75. The molecule has 2 amide bonds. The highest BCUT2D eigenvalue weighted by atomic mass is 16.6. The second-order valence-corrected chi connectivity index (χ2v) is 8.78. The van der Waals surface area contributed by atoms with Crippen molar-refractivity contribution in [1.29, 1.82) is 0 Å². The Morgan fingerprint density at radius 3 is 2.29 bits per heavy atom. The molecular weight excluding hydrogens is 396 g/mol. The fraction of sp³-hybridized carbons (Fsp3) is 0.625. The van der Waals surface area contributed by atoms with Crippen molar-refractivity contribution in [2.75, 3.05) is 6.54 Å². The molecule has 0 spiro atoms. The number of phenols is 1. The molecule has 0 radical (unpaired) electrons. The molecule has 1 atom stereocenters. The van der Waals surface area contributed by atoms with E-state index in [1.165, 1.54) is 0 Å². The van der Waals surface area contributed by atoms with Gasteiger partial charge in [-0.2, -0.15) is 0 Å². The second-order valence-electron chi connectivity index (χ2n) is 8.78. The van der Waals surface area contributed by atoms with Gasteiger partial charge in [-0.1, -0.05) is 44.7 Å². The minimum atomic E-state index is -0.974. The number of rotatable bonds is 13. The van der Waals surface area contributed by atoms with Crippen LogP contribution < -0.4 is 10.6 Å². The SMILES string of the molecule is CCCCCCCC(=O)N[C@H](CC(=O)OC(C)(C)C)C(=O)NCCc1ccc(O)cc1. The van der Waals surface area contributed by atoms with Gasteiger partial charge in [0.15, 0.2) is 0 Å². The predicted molar refractivity (Wildman–Crippen MR) is 121 cm³/mol. The molecule has 1 aromatic carbocycles. The number of amides is 2. The van der Waals surface area contributed by atoms with Gasteiger partial charge in [0.2, 0.25) is 11.8 Å². The van der Waals surface area contributed by atoms with Gasteiger partial charge < -0.3 is 20.5 Å². The van der Waals surface area contributed by atoms with E-state index in [-0.39, 0.29) is 18.1 Å². The molecule has 7 heteroatoms. The maximum Gasteiger partial charge on any atom is 0.308 e. The van der Waals surface area contributed by atoms with E-state index < -0.39 is 23.5 Å². The quantitative estimate of drug-likeness (QED) is 0.325. The standard InChI is InChI=1S/C24H38N2O5/c1-5-6-7-8-9-10-21(28)26-20(17-22(29)31-24(2,3)4)23(30)25-16-15-18-11-13-19(27)14-12-18/h11-14,20,27H,5-10,15-17H2,1-4H3,(H,25,30)(H,26,28)/t20-/m1/s1. The van der Waals surface area contributed by atoms with Gasteiger partial charge in [0, 0.05) is 13.0 Å². The summed E-state index contributed by atoms with van der Waals surface area (Å²) < 4.78 is 5.32. The molecule has 0 unspecified atom stereocenters. The monoisotopic (exact) mass is 434 g/mol. The molecular formula is C24H38N2O5. The summed E-state index contributed by atoms with van der Waals surface area (Å²) in [7, 11) is 0. The van der Waals surface area contributed by atoms with Crippen LogP contribution in [-0.4, -0.2) is 41.1 Å². The number of hydrogen-bond donors (Lipinski definition) is 3. The number of carbonyl (C=O) groups excluding carboxylic acids is 3. The van der Waals surface area contributed by atoms with E-state index >= 15 is 0 Å². The zero-order chi connectivity index (χ0) is 23.3. The van der Waals surface area contributed by atoms with Gasteiger partial charge in [-0.15, -0.1) is 0 Å². The number of carbonyl (C=O) groups is 3. The summed E-state index contributed by atoms with van der Waals surface area (Å²) in [4.78, 5) is 37.2. The number of hydrogen-bond acceptors (Lipinski definition) is 5. The second kappa shape index (κ2) is 13.7. The molecule has 0 bridgehead atoms. The molecule has 0 fully saturated rings. The van der Waals surface area contributed by atoms with Gasteiger partial charge in [-0.3, -0.25) is 14.4 Å². The largest absolute Gasteiger partial charge is 0.508 e. The van der Waals surface area contributed by atoms with Crippen molar-refractivity contribution in [3.05, 3.63) is 29.8 Å². The molecule has 0 aromatic heterocycles. The lowest BCUT2D eigenvalue weighted by molar-refractivity contribution is -0.156. The zero-order valence-electron chi connectivity index (χ0n) is 19.3. The molecule has 0 aliphatic rings. The number of ether oxygens (including phenoxy) is 1. The van der Waals surface area contributed by atoms with Crippen molar-refractivity contribution >= 4 is 17.8 Å². The molecule has 1 rings (SSSR count). The van der Waals surface area contributed by atoms with E-state index in [1.807, 2.05) is 0 Å². The molecule has 0 heterocycles. The van der Waals surface area contributed by atoms with Crippen LogP contribution in [0, 0.1) is 0 Å².